The molecule has 1 atom stereocenters. The molecule has 8 nitrogen and oxygen atoms in total. The van der Waals surface area contributed by atoms with Crippen molar-refractivity contribution in [1.29, 1.82) is 0 Å². The molecule has 2 heterocycles. The molecule has 1 aliphatic heterocycles. The van der Waals surface area contributed by atoms with E-state index in [0.717, 1.165) is 23.5 Å². The van der Waals surface area contributed by atoms with Gasteiger partial charge in [-0.2, -0.15) is 5.10 Å². The topological polar surface area (TPSA) is 99.3 Å². The molecule has 0 spiro atoms. The Kier molecular flexibility index (Phi) is 6.56. The molecule has 0 bridgehead atoms. The quantitative estimate of drug-likeness (QED) is 0.630. The minimum atomic E-state index is -0.468. The number of amides is 2. The summed E-state index contributed by atoms with van der Waals surface area (Å²) in [6.07, 6.45) is 0.123. The number of hydrogen-bond acceptors (Lipinski definition) is 5. The van der Waals surface area contributed by atoms with Gasteiger partial charge < -0.3 is 15.4 Å². The number of nitrogens with zero attached hydrogens (tertiary/aromatic N) is 2. The first-order valence-corrected chi connectivity index (χ1v) is 9.00. The zero-order valence-electron chi connectivity index (χ0n) is 15.4. The van der Waals surface area contributed by atoms with Gasteiger partial charge in [0.15, 0.2) is 0 Å². The fourth-order valence-electron chi connectivity index (χ4n) is 3.15. The van der Waals surface area contributed by atoms with E-state index in [-0.39, 0.29) is 18.2 Å². The van der Waals surface area contributed by atoms with Gasteiger partial charge in [0.2, 0.25) is 11.8 Å². The third-order valence-electron chi connectivity index (χ3n) is 4.50. The molecule has 1 aromatic heterocycles. The first-order valence-electron chi connectivity index (χ1n) is 9.00. The van der Waals surface area contributed by atoms with Gasteiger partial charge in [-0.15, -0.1) is 0 Å². The van der Waals surface area contributed by atoms with Crippen LogP contribution < -0.4 is 10.6 Å². The standard InChI is InChI=1S/C19H25N5O3/c1-27-13-16-9-15(22-23-16)11-21-18(25)10-17-19(26)20-7-8-24(17)12-14-5-3-2-4-6-14/h2-6,9,17H,7-8,10-13H2,1H3,(H,20,26)(H,21,25)(H,22,23)/t17-/m1/s1. The van der Waals surface area contributed by atoms with Crippen molar-refractivity contribution in [2.24, 2.45) is 0 Å². The zero-order valence-corrected chi connectivity index (χ0v) is 15.4. The molecule has 1 aliphatic rings. The van der Waals surface area contributed by atoms with Gasteiger partial charge in [0.1, 0.15) is 0 Å². The smallest absolute Gasteiger partial charge is 0.237 e. The number of hydrogen-bond donors (Lipinski definition) is 3. The summed E-state index contributed by atoms with van der Waals surface area (Å²) in [4.78, 5) is 26.8. The Balaban J connectivity index is 1.55. The van der Waals surface area contributed by atoms with Crippen LogP contribution in [0.2, 0.25) is 0 Å². The Hall–Kier alpha value is -2.71. The molecule has 0 radical (unpaired) electrons. The maximum Gasteiger partial charge on any atom is 0.237 e. The average molecular weight is 371 g/mol. The Labute approximate surface area is 158 Å². The molecule has 3 N–H and O–H groups in total. The van der Waals surface area contributed by atoms with E-state index in [4.69, 9.17) is 4.74 Å². The molecular weight excluding hydrogens is 346 g/mol. The molecule has 0 aliphatic carbocycles. The molecule has 1 fully saturated rings. The largest absolute Gasteiger partial charge is 0.378 e. The molecular formula is C19H25N5O3. The number of methoxy groups -OCH3 is 1. The average Bonchev–Trinajstić information content (AvgIpc) is 3.12. The minimum Gasteiger partial charge on any atom is -0.378 e. The highest BCUT2D eigenvalue weighted by Crippen LogP contribution is 2.14. The predicted octanol–water partition coefficient (Wildman–Crippen LogP) is 0.563. The van der Waals surface area contributed by atoms with Gasteiger partial charge in [0.05, 0.1) is 37.0 Å². The van der Waals surface area contributed by atoms with Crippen molar-refractivity contribution in [3.8, 4) is 0 Å². The van der Waals surface area contributed by atoms with Crippen LogP contribution in [-0.2, 0) is 34.0 Å². The van der Waals surface area contributed by atoms with Gasteiger partial charge in [-0.1, -0.05) is 30.3 Å². The number of carbonyl (C=O) groups is 2. The number of rotatable bonds is 8. The fraction of sp³-hybridized carbons (Fsp3) is 0.421. The summed E-state index contributed by atoms with van der Waals surface area (Å²) in [5, 5.41) is 12.7. The van der Waals surface area contributed by atoms with Gasteiger partial charge in [-0.3, -0.25) is 19.6 Å². The maximum absolute atomic E-state index is 12.4. The van der Waals surface area contributed by atoms with Crippen LogP contribution in [0.3, 0.4) is 0 Å². The second-order valence-electron chi connectivity index (χ2n) is 6.56. The van der Waals surface area contributed by atoms with Crippen LogP contribution in [0.4, 0.5) is 0 Å². The Morgan fingerprint density at radius 1 is 1.37 bits per heavy atom. The molecule has 2 aromatic rings. The van der Waals surface area contributed by atoms with Crippen LogP contribution in [0.1, 0.15) is 23.4 Å². The van der Waals surface area contributed by atoms with Crippen molar-refractivity contribution in [2.45, 2.75) is 32.2 Å². The number of H-pyrrole nitrogens is 1. The lowest BCUT2D eigenvalue weighted by Gasteiger charge is -2.34. The van der Waals surface area contributed by atoms with Crippen LogP contribution in [0.15, 0.2) is 36.4 Å². The van der Waals surface area contributed by atoms with Gasteiger partial charge in [-0.25, -0.2) is 0 Å². The molecule has 0 saturated carbocycles. The zero-order chi connectivity index (χ0) is 19.1. The highest BCUT2D eigenvalue weighted by atomic mass is 16.5. The van der Waals surface area contributed by atoms with Gasteiger partial charge in [0, 0.05) is 26.7 Å². The number of aromatic amines is 1. The van der Waals surface area contributed by atoms with Crippen molar-refractivity contribution in [2.75, 3.05) is 20.2 Å². The van der Waals surface area contributed by atoms with Gasteiger partial charge >= 0.3 is 0 Å². The second kappa shape index (κ2) is 9.29. The minimum absolute atomic E-state index is 0.101. The van der Waals surface area contributed by atoms with Crippen LogP contribution in [0, 0.1) is 0 Å². The van der Waals surface area contributed by atoms with Crippen molar-refractivity contribution >= 4 is 11.8 Å². The van der Waals surface area contributed by atoms with E-state index in [1.54, 1.807) is 7.11 Å². The molecule has 144 valence electrons. The van der Waals surface area contributed by atoms with Gasteiger partial charge in [0.25, 0.3) is 0 Å². The van der Waals surface area contributed by atoms with Crippen LogP contribution in [0.5, 0.6) is 0 Å². The molecule has 3 rings (SSSR count). The SMILES string of the molecule is COCc1cc(CNC(=O)C[C@@H]2C(=O)NCCN2Cc2ccccc2)[nH]n1. The molecule has 0 unspecified atom stereocenters. The molecule has 27 heavy (non-hydrogen) atoms. The summed E-state index contributed by atoms with van der Waals surface area (Å²) in [7, 11) is 1.60. The molecule has 1 saturated heterocycles. The maximum atomic E-state index is 12.4. The first-order chi connectivity index (χ1) is 13.2. The van der Waals surface area contributed by atoms with Crippen molar-refractivity contribution in [3.05, 3.63) is 53.3 Å². The van der Waals surface area contributed by atoms with E-state index in [0.29, 0.717) is 26.2 Å². The monoisotopic (exact) mass is 371 g/mol. The van der Waals surface area contributed by atoms with Crippen LogP contribution in [0.25, 0.3) is 0 Å². The highest BCUT2D eigenvalue weighted by Gasteiger charge is 2.31. The lowest BCUT2D eigenvalue weighted by Crippen LogP contribution is -2.56. The fourth-order valence-corrected chi connectivity index (χ4v) is 3.15. The number of piperazine rings is 1. The third kappa shape index (κ3) is 5.38. The summed E-state index contributed by atoms with van der Waals surface area (Å²) in [6, 6.07) is 11.3. The van der Waals surface area contributed by atoms with E-state index < -0.39 is 6.04 Å². The van der Waals surface area contributed by atoms with E-state index >= 15 is 0 Å². The molecule has 2 amide bonds. The number of aromatic nitrogens is 2. The number of benzene rings is 1. The van der Waals surface area contributed by atoms with Crippen LogP contribution >= 0.6 is 0 Å². The van der Waals surface area contributed by atoms with E-state index in [1.807, 2.05) is 36.4 Å². The second-order valence-corrected chi connectivity index (χ2v) is 6.56. The summed E-state index contributed by atoms with van der Waals surface area (Å²) in [6.45, 7) is 2.72. The van der Waals surface area contributed by atoms with Crippen molar-refractivity contribution in [1.82, 2.24) is 25.7 Å². The predicted molar refractivity (Wildman–Crippen MR) is 99.4 cm³/mol. The Morgan fingerprint density at radius 2 is 2.19 bits per heavy atom. The lowest BCUT2D eigenvalue weighted by atomic mass is 10.1. The lowest BCUT2D eigenvalue weighted by molar-refractivity contribution is -0.134. The number of nitrogens with one attached hydrogen (secondary N) is 3. The van der Waals surface area contributed by atoms with Crippen molar-refractivity contribution < 1.29 is 14.3 Å². The normalized spacial score (nSPS) is 17.5. The highest BCUT2D eigenvalue weighted by molar-refractivity contribution is 5.88. The number of ether oxygens (including phenoxy) is 1. The Bertz CT molecular complexity index is 762. The van der Waals surface area contributed by atoms with Gasteiger partial charge in [-0.05, 0) is 11.6 Å². The van der Waals surface area contributed by atoms with Crippen LogP contribution in [-0.4, -0.2) is 53.2 Å². The third-order valence-corrected chi connectivity index (χ3v) is 4.50. The number of carbonyl (C=O) groups excluding carboxylic acids is 2. The van der Waals surface area contributed by atoms with Crippen molar-refractivity contribution in [3.63, 3.8) is 0 Å². The summed E-state index contributed by atoms with van der Waals surface area (Å²) >= 11 is 0. The van der Waals surface area contributed by atoms with E-state index in [9.17, 15) is 9.59 Å². The first kappa shape index (κ1) is 19.1. The molecule has 8 heteroatoms. The van der Waals surface area contributed by atoms with E-state index in [2.05, 4.69) is 25.7 Å². The molecule has 1 aromatic carbocycles. The summed E-state index contributed by atoms with van der Waals surface area (Å²) < 4.78 is 5.02. The summed E-state index contributed by atoms with van der Waals surface area (Å²) in [5.41, 5.74) is 2.70. The van der Waals surface area contributed by atoms with E-state index in [1.165, 1.54) is 0 Å². The Morgan fingerprint density at radius 3 is 2.96 bits per heavy atom. The summed E-state index contributed by atoms with van der Waals surface area (Å²) in [5.74, 6) is -0.269.